The number of nitrogens with zero attached hydrogens (tertiary/aromatic N) is 2. The van der Waals surface area contributed by atoms with Gasteiger partial charge in [-0.2, -0.15) is 4.98 Å². The third kappa shape index (κ3) is 4.07. The molecule has 0 radical (unpaired) electrons. The maximum absolute atomic E-state index is 6.07. The molecule has 1 aliphatic rings. The average Bonchev–Trinajstić information content (AvgIpc) is 2.66. The highest BCUT2D eigenvalue weighted by Crippen LogP contribution is 2.26. The Morgan fingerprint density at radius 1 is 1.15 bits per heavy atom. The molecule has 1 heterocycles. The molecule has 0 amide bonds. The standard InChI is InChI=1S/C15H26N4O/c1-15(2,3)14-17-12(19-16)10-13(18-14)20-11-8-6-4-5-7-9-11/h10-11H,4-9,16H2,1-3H3,(H,17,18,19). The second-order valence-electron chi connectivity index (χ2n) is 6.54. The molecule has 1 fully saturated rings. The fraction of sp³-hybridized carbons (Fsp3) is 0.733. The number of nitrogens with two attached hydrogens (primary N) is 1. The van der Waals surface area contributed by atoms with Gasteiger partial charge in [0, 0.05) is 11.5 Å². The van der Waals surface area contributed by atoms with Crippen molar-refractivity contribution in [1.29, 1.82) is 0 Å². The number of rotatable bonds is 3. The summed E-state index contributed by atoms with van der Waals surface area (Å²) < 4.78 is 6.07. The van der Waals surface area contributed by atoms with Crippen molar-refractivity contribution in [2.75, 3.05) is 5.43 Å². The van der Waals surface area contributed by atoms with Gasteiger partial charge in [-0.05, 0) is 25.7 Å². The fourth-order valence-electron chi connectivity index (χ4n) is 2.43. The maximum atomic E-state index is 6.07. The topological polar surface area (TPSA) is 73.1 Å². The number of ether oxygens (including phenoxy) is 1. The molecule has 1 aliphatic carbocycles. The first-order valence-corrected chi connectivity index (χ1v) is 7.52. The van der Waals surface area contributed by atoms with Crippen LogP contribution in [0.15, 0.2) is 6.07 Å². The van der Waals surface area contributed by atoms with Gasteiger partial charge in [-0.25, -0.2) is 10.8 Å². The second-order valence-corrected chi connectivity index (χ2v) is 6.54. The van der Waals surface area contributed by atoms with E-state index in [0.29, 0.717) is 11.7 Å². The van der Waals surface area contributed by atoms with E-state index in [1.165, 1.54) is 25.7 Å². The highest BCUT2D eigenvalue weighted by atomic mass is 16.5. The zero-order valence-corrected chi connectivity index (χ0v) is 12.8. The first-order valence-electron chi connectivity index (χ1n) is 7.52. The van der Waals surface area contributed by atoms with E-state index in [-0.39, 0.29) is 11.5 Å². The van der Waals surface area contributed by atoms with E-state index in [4.69, 9.17) is 10.6 Å². The smallest absolute Gasteiger partial charge is 0.219 e. The molecule has 0 aliphatic heterocycles. The molecule has 2 rings (SSSR count). The van der Waals surface area contributed by atoms with Gasteiger partial charge in [0.25, 0.3) is 0 Å². The summed E-state index contributed by atoms with van der Waals surface area (Å²) in [6, 6.07) is 1.78. The van der Waals surface area contributed by atoms with E-state index >= 15 is 0 Å². The Balaban J connectivity index is 2.17. The van der Waals surface area contributed by atoms with Gasteiger partial charge in [0.05, 0.1) is 0 Å². The molecule has 1 aromatic heterocycles. The minimum absolute atomic E-state index is 0.131. The number of hydrazine groups is 1. The SMILES string of the molecule is CC(C)(C)c1nc(NN)cc(OC2CCCCCC2)n1. The minimum Gasteiger partial charge on any atom is -0.474 e. The molecule has 1 aromatic rings. The summed E-state index contributed by atoms with van der Waals surface area (Å²) >= 11 is 0. The van der Waals surface area contributed by atoms with Crippen molar-refractivity contribution in [3.8, 4) is 5.88 Å². The lowest BCUT2D eigenvalue weighted by Gasteiger charge is -2.21. The molecular weight excluding hydrogens is 252 g/mol. The molecule has 5 heteroatoms. The van der Waals surface area contributed by atoms with Gasteiger partial charge in [-0.15, -0.1) is 0 Å². The zero-order valence-electron chi connectivity index (χ0n) is 12.8. The first-order chi connectivity index (χ1) is 9.49. The van der Waals surface area contributed by atoms with Crippen LogP contribution in [0.25, 0.3) is 0 Å². The first kappa shape index (κ1) is 15.0. The van der Waals surface area contributed by atoms with E-state index in [9.17, 15) is 0 Å². The Morgan fingerprint density at radius 3 is 2.35 bits per heavy atom. The monoisotopic (exact) mass is 278 g/mol. The van der Waals surface area contributed by atoms with Crippen molar-refractivity contribution < 1.29 is 4.74 Å². The van der Waals surface area contributed by atoms with Crippen LogP contribution in [0.2, 0.25) is 0 Å². The molecule has 3 N–H and O–H groups in total. The van der Waals surface area contributed by atoms with Crippen molar-refractivity contribution in [3.63, 3.8) is 0 Å². The van der Waals surface area contributed by atoms with Crippen molar-refractivity contribution in [3.05, 3.63) is 11.9 Å². The number of nitrogen functional groups attached to an aromatic ring is 1. The van der Waals surface area contributed by atoms with E-state index in [1.54, 1.807) is 6.07 Å². The summed E-state index contributed by atoms with van der Waals surface area (Å²) in [5.41, 5.74) is 2.47. The second kappa shape index (κ2) is 6.39. The van der Waals surface area contributed by atoms with Crippen LogP contribution in [0, 0.1) is 0 Å². The van der Waals surface area contributed by atoms with E-state index < -0.39 is 0 Å². The van der Waals surface area contributed by atoms with E-state index in [2.05, 4.69) is 36.2 Å². The molecule has 0 spiro atoms. The lowest BCUT2D eigenvalue weighted by atomic mass is 9.96. The van der Waals surface area contributed by atoms with Gasteiger partial charge >= 0.3 is 0 Å². The predicted molar refractivity (Wildman–Crippen MR) is 80.7 cm³/mol. The van der Waals surface area contributed by atoms with Crippen LogP contribution in [-0.2, 0) is 5.41 Å². The predicted octanol–water partition coefficient (Wildman–Crippen LogP) is 3.16. The third-order valence-electron chi connectivity index (χ3n) is 3.61. The summed E-state index contributed by atoms with van der Waals surface area (Å²) in [7, 11) is 0. The van der Waals surface area contributed by atoms with E-state index in [0.717, 1.165) is 18.7 Å². The molecule has 20 heavy (non-hydrogen) atoms. The van der Waals surface area contributed by atoms with Crippen LogP contribution in [0.1, 0.15) is 65.1 Å². The van der Waals surface area contributed by atoms with Crippen molar-refractivity contribution in [2.45, 2.75) is 70.8 Å². The summed E-state index contributed by atoms with van der Waals surface area (Å²) in [5, 5.41) is 0. The molecular formula is C15H26N4O. The molecule has 0 atom stereocenters. The van der Waals surface area contributed by atoms with E-state index in [1.807, 2.05) is 0 Å². The number of aromatic nitrogens is 2. The molecule has 0 unspecified atom stereocenters. The Kier molecular flexibility index (Phi) is 4.81. The lowest BCUT2D eigenvalue weighted by molar-refractivity contribution is 0.175. The Hall–Kier alpha value is -1.36. The summed E-state index contributed by atoms with van der Waals surface area (Å²) in [6.07, 6.45) is 7.60. The van der Waals surface area contributed by atoms with Gasteiger partial charge in [0.15, 0.2) is 0 Å². The number of hydrogen-bond donors (Lipinski definition) is 2. The van der Waals surface area contributed by atoms with Crippen molar-refractivity contribution in [1.82, 2.24) is 9.97 Å². The van der Waals surface area contributed by atoms with Crippen LogP contribution < -0.4 is 16.0 Å². The highest BCUT2D eigenvalue weighted by molar-refractivity contribution is 5.38. The van der Waals surface area contributed by atoms with Crippen molar-refractivity contribution >= 4 is 5.82 Å². The quantitative estimate of drug-likeness (QED) is 0.505. The van der Waals surface area contributed by atoms with Gasteiger partial charge in [-0.3, -0.25) is 0 Å². The Bertz CT molecular complexity index is 434. The lowest BCUT2D eigenvalue weighted by Crippen LogP contribution is -2.21. The van der Waals surface area contributed by atoms with Gasteiger partial charge in [-0.1, -0.05) is 33.6 Å². The maximum Gasteiger partial charge on any atom is 0.219 e. The minimum atomic E-state index is -0.131. The fourth-order valence-corrected chi connectivity index (χ4v) is 2.43. The van der Waals surface area contributed by atoms with Gasteiger partial charge in [0.1, 0.15) is 17.7 Å². The third-order valence-corrected chi connectivity index (χ3v) is 3.61. The zero-order chi connectivity index (χ0) is 14.6. The van der Waals surface area contributed by atoms with Gasteiger partial charge in [0.2, 0.25) is 5.88 Å². The van der Waals surface area contributed by atoms with Crippen LogP contribution in [0.4, 0.5) is 5.82 Å². The average molecular weight is 278 g/mol. The van der Waals surface area contributed by atoms with Gasteiger partial charge < -0.3 is 10.2 Å². The highest BCUT2D eigenvalue weighted by Gasteiger charge is 2.21. The number of anilines is 1. The molecule has 5 nitrogen and oxygen atoms in total. The normalized spacial score (nSPS) is 17.6. The molecule has 0 bridgehead atoms. The molecule has 0 saturated heterocycles. The summed E-state index contributed by atoms with van der Waals surface area (Å²) in [6.45, 7) is 6.24. The number of nitrogens with one attached hydrogen (secondary N) is 1. The molecule has 112 valence electrons. The van der Waals surface area contributed by atoms with Crippen LogP contribution in [0.5, 0.6) is 5.88 Å². The van der Waals surface area contributed by atoms with Crippen LogP contribution in [0.3, 0.4) is 0 Å². The Morgan fingerprint density at radius 2 is 1.80 bits per heavy atom. The molecule has 1 saturated carbocycles. The number of hydrogen-bond acceptors (Lipinski definition) is 5. The molecule has 0 aromatic carbocycles. The largest absolute Gasteiger partial charge is 0.474 e. The van der Waals surface area contributed by atoms with Crippen LogP contribution >= 0.6 is 0 Å². The summed E-state index contributed by atoms with van der Waals surface area (Å²) in [5.74, 6) is 7.47. The summed E-state index contributed by atoms with van der Waals surface area (Å²) in [4.78, 5) is 8.96. The van der Waals surface area contributed by atoms with Crippen molar-refractivity contribution in [2.24, 2.45) is 5.84 Å². The Labute approximate surface area is 121 Å². The van der Waals surface area contributed by atoms with Crippen LogP contribution in [-0.4, -0.2) is 16.1 Å².